The molecule has 9 heteroatoms. The van der Waals surface area contributed by atoms with Crippen LogP contribution in [-0.2, 0) is 19.9 Å². The summed E-state index contributed by atoms with van der Waals surface area (Å²) in [5.74, 6) is -0.999. The van der Waals surface area contributed by atoms with Crippen LogP contribution < -0.4 is 11.1 Å². The second-order valence-corrected chi connectivity index (χ2v) is 9.04. The number of methoxy groups -OCH3 is 1. The number of carbonyl (C=O) groups is 3. The Hall–Kier alpha value is -2.65. The zero-order valence-corrected chi connectivity index (χ0v) is 19.3. The van der Waals surface area contributed by atoms with Crippen molar-refractivity contribution in [3.8, 4) is 0 Å². The van der Waals surface area contributed by atoms with Crippen LogP contribution in [0.1, 0.15) is 31.2 Å². The number of nitrogens with two attached hydrogens (primary N) is 1. The van der Waals surface area contributed by atoms with Crippen molar-refractivity contribution in [2.24, 2.45) is 5.73 Å². The van der Waals surface area contributed by atoms with E-state index in [-0.39, 0.29) is 36.1 Å². The molecule has 1 aromatic carbocycles. The van der Waals surface area contributed by atoms with Crippen molar-refractivity contribution in [3.05, 3.63) is 35.9 Å². The topological polar surface area (TPSA) is 108 Å². The second kappa shape index (κ2) is 9.87. The second-order valence-electron chi connectivity index (χ2n) is 9.04. The Labute approximate surface area is 189 Å². The molecule has 1 saturated carbocycles. The number of amides is 4. The summed E-state index contributed by atoms with van der Waals surface area (Å²) in [6.07, 6.45) is 3.47. The van der Waals surface area contributed by atoms with Crippen LogP contribution >= 0.6 is 0 Å². The van der Waals surface area contributed by atoms with Crippen LogP contribution in [-0.4, -0.2) is 92.1 Å². The smallest absolute Gasteiger partial charge is 0.321 e. The number of ether oxygens (including phenoxy) is 1. The third-order valence-corrected chi connectivity index (χ3v) is 7.05. The van der Waals surface area contributed by atoms with Crippen molar-refractivity contribution in [3.63, 3.8) is 0 Å². The van der Waals surface area contributed by atoms with Gasteiger partial charge in [-0.05, 0) is 45.3 Å². The minimum absolute atomic E-state index is 0.0884. The van der Waals surface area contributed by atoms with Crippen molar-refractivity contribution in [2.45, 2.75) is 36.8 Å². The van der Waals surface area contributed by atoms with E-state index in [9.17, 15) is 14.4 Å². The number of rotatable bonds is 9. The summed E-state index contributed by atoms with van der Waals surface area (Å²) in [5.41, 5.74) is 5.96. The maximum atomic E-state index is 13.2. The maximum Gasteiger partial charge on any atom is 0.321 e. The summed E-state index contributed by atoms with van der Waals surface area (Å²) in [6.45, 7) is 1.08. The maximum absolute atomic E-state index is 13.2. The third kappa shape index (κ3) is 4.73. The molecule has 4 amide bonds. The van der Waals surface area contributed by atoms with E-state index in [4.69, 9.17) is 10.5 Å². The highest BCUT2D eigenvalue weighted by atomic mass is 16.5. The van der Waals surface area contributed by atoms with E-state index in [0.29, 0.717) is 19.7 Å². The van der Waals surface area contributed by atoms with Crippen LogP contribution in [0.5, 0.6) is 0 Å². The minimum Gasteiger partial charge on any atom is -0.383 e. The monoisotopic (exact) mass is 445 g/mol. The standard InChI is InChI=1S/C23H35N5O4/c1-26(2)23(18-7-5-4-6-8-18)11-9-22(10-12-23)17-27(16-20(30)25-15-19(24)29)21(31)28(22)13-14-32-3/h4-8H,9-17H2,1-3H3,(H2,24,29)(H,25,30). The molecule has 1 aliphatic carbocycles. The van der Waals surface area contributed by atoms with Crippen LogP contribution in [0.15, 0.2) is 30.3 Å². The Bertz CT molecular complexity index is 821. The summed E-state index contributed by atoms with van der Waals surface area (Å²) < 4.78 is 5.26. The molecule has 2 fully saturated rings. The first-order chi connectivity index (χ1) is 15.2. The lowest BCUT2D eigenvalue weighted by Crippen LogP contribution is -2.56. The molecule has 1 heterocycles. The molecular weight excluding hydrogens is 410 g/mol. The highest BCUT2D eigenvalue weighted by Crippen LogP contribution is 2.48. The first-order valence-corrected chi connectivity index (χ1v) is 11.1. The Morgan fingerprint density at radius 2 is 1.81 bits per heavy atom. The molecule has 3 rings (SSSR count). The van der Waals surface area contributed by atoms with Gasteiger partial charge in [0.2, 0.25) is 11.8 Å². The molecule has 2 aliphatic rings. The average molecular weight is 446 g/mol. The predicted molar refractivity (Wildman–Crippen MR) is 121 cm³/mol. The molecule has 0 bridgehead atoms. The average Bonchev–Trinajstić information content (AvgIpc) is 3.02. The first-order valence-electron chi connectivity index (χ1n) is 11.1. The molecule has 32 heavy (non-hydrogen) atoms. The lowest BCUT2D eigenvalue weighted by Gasteiger charge is -2.51. The molecule has 1 saturated heterocycles. The number of hydrogen-bond donors (Lipinski definition) is 2. The third-order valence-electron chi connectivity index (χ3n) is 7.05. The predicted octanol–water partition coefficient (Wildman–Crippen LogP) is 0.742. The molecule has 0 aromatic heterocycles. The van der Waals surface area contributed by atoms with Crippen molar-refractivity contribution >= 4 is 17.8 Å². The summed E-state index contributed by atoms with van der Waals surface area (Å²) in [6, 6.07) is 10.4. The summed E-state index contributed by atoms with van der Waals surface area (Å²) in [4.78, 5) is 42.2. The number of carbonyl (C=O) groups excluding carboxylic acids is 3. The summed E-state index contributed by atoms with van der Waals surface area (Å²) >= 11 is 0. The van der Waals surface area contributed by atoms with Gasteiger partial charge in [0.05, 0.1) is 18.7 Å². The molecular formula is C23H35N5O4. The van der Waals surface area contributed by atoms with Gasteiger partial charge in [-0.25, -0.2) is 4.79 Å². The lowest BCUT2D eigenvalue weighted by molar-refractivity contribution is -0.125. The Balaban J connectivity index is 1.79. The Morgan fingerprint density at radius 3 is 2.38 bits per heavy atom. The van der Waals surface area contributed by atoms with Crippen LogP contribution in [0, 0.1) is 0 Å². The Morgan fingerprint density at radius 1 is 1.16 bits per heavy atom. The van der Waals surface area contributed by atoms with Crippen molar-refractivity contribution < 1.29 is 19.1 Å². The Kier molecular flexibility index (Phi) is 7.40. The van der Waals surface area contributed by atoms with E-state index in [1.165, 1.54) is 5.56 Å². The van der Waals surface area contributed by atoms with Crippen LogP contribution in [0.3, 0.4) is 0 Å². The first kappa shape index (κ1) is 24.0. The highest BCUT2D eigenvalue weighted by molar-refractivity contribution is 5.88. The van der Waals surface area contributed by atoms with Crippen molar-refractivity contribution in [2.75, 3.05) is 54.0 Å². The molecule has 3 N–H and O–H groups in total. The van der Waals surface area contributed by atoms with Gasteiger partial charge in [0.25, 0.3) is 0 Å². The van der Waals surface area contributed by atoms with Gasteiger partial charge in [0.1, 0.15) is 6.54 Å². The van der Waals surface area contributed by atoms with Gasteiger partial charge >= 0.3 is 6.03 Å². The van der Waals surface area contributed by atoms with Gasteiger partial charge in [0.15, 0.2) is 0 Å². The van der Waals surface area contributed by atoms with Gasteiger partial charge < -0.3 is 25.6 Å². The van der Waals surface area contributed by atoms with Gasteiger partial charge in [0, 0.05) is 25.7 Å². The van der Waals surface area contributed by atoms with Gasteiger partial charge in [-0.2, -0.15) is 0 Å². The SMILES string of the molecule is COCCN1C(=O)N(CC(=O)NCC(N)=O)CC12CCC(c1ccccc1)(N(C)C)CC2. The zero-order valence-electron chi connectivity index (χ0n) is 19.3. The van der Waals surface area contributed by atoms with Gasteiger partial charge in [-0.1, -0.05) is 30.3 Å². The minimum atomic E-state index is -0.613. The van der Waals surface area contributed by atoms with E-state index in [1.54, 1.807) is 12.0 Å². The quantitative estimate of drug-likeness (QED) is 0.583. The van der Waals surface area contributed by atoms with E-state index < -0.39 is 5.91 Å². The number of hydrogen-bond acceptors (Lipinski definition) is 5. The highest BCUT2D eigenvalue weighted by Gasteiger charge is 2.54. The largest absolute Gasteiger partial charge is 0.383 e. The lowest BCUT2D eigenvalue weighted by atomic mass is 9.68. The molecule has 9 nitrogen and oxygen atoms in total. The van der Waals surface area contributed by atoms with E-state index >= 15 is 0 Å². The molecule has 0 atom stereocenters. The molecule has 0 unspecified atom stereocenters. The normalized spacial score (nSPS) is 25.6. The van der Waals surface area contributed by atoms with E-state index in [0.717, 1.165) is 25.7 Å². The molecule has 1 aliphatic heterocycles. The zero-order chi connectivity index (χ0) is 23.4. The number of urea groups is 1. The number of benzene rings is 1. The summed E-state index contributed by atoms with van der Waals surface area (Å²) in [5, 5.41) is 2.47. The van der Waals surface area contributed by atoms with Gasteiger partial charge in [-0.15, -0.1) is 0 Å². The van der Waals surface area contributed by atoms with Crippen LogP contribution in [0.4, 0.5) is 4.79 Å². The van der Waals surface area contributed by atoms with Crippen molar-refractivity contribution in [1.29, 1.82) is 0 Å². The molecule has 176 valence electrons. The van der Waals surface area contributed by atoms with E-state index in [1.807, 2.05) is 11.0 Å². The fourth-order valence-electron chi connectivity index (χ4n) is 5.24. The van der Waals surface area contributed by atoms with Crippen LogP contribution in [0.2, 0.25) is 0 Å². The molecule has 0 radical (unpaired) electrons. The van der Waals surface area contributed by atoms with E-state index in [2.05, 4.69) is 48.6 Å². The fourth-order valence-corrected chi connectivity index (χ4v) is 5.24. The van der Waals surface area contributed by atoms with Crippen LogP contribution in [0.25, 0.3) is 0 Å². The number of nitrogens with zero attached hydrogens (tertiary/aromatic N) is 3. The molecule has 1 spiro atoms. The molecule has 1 aromatic rings. The van der Waals surface area contributed by atoms with Crippen molar-refractivity contribution in [1.82, 2.24) is 20.0 Å². The number of nitrogens with one attached hydrogen (secondary N) is 1. The van der Waals surface area contributed by atoms with Gasteiger partial charge in [-0.3, -0.25) is 14.5 Å². The number of primary amides is 1. The fraction of sp³-hybridized carbons (Fsp3) is 0.609. The summed E-state index contributed by atoms with van der Waals surface area (Å²) in [7, 11) is 5.85.